The monoisotopic (exact) mass is 405 g/mol. The summed E-state index contributed by atoms with van der Waals surface area (Å²) in [5.41, 5.74) is 1.19. The Balaban J connectivity index is 1.59. The molecule has 2 atom stereocenters. The van der Waals surface area contributed by atoms with Crippen molar-refractivity contribution in [3.63, 3.8) is 0 Å². The van der Waals surface area contributed by atoms with Crippen LogP contribution in [0.2, 0.25) is 0 Å². The van der Waals surface area contributed by atoms with Crippen molar-refractivity contribution in [2.24, 2.45) is 0 Å². The van der Waals surface area contributed by atoms with Crippen molar-refractivity contribution in [3.8, 4) is 0 Å². The van der Waals surface area contributed by atoms with E-state index in [-0.39, 0.29) is 23.2 Å². The van der Waals surface area contributed by atoms with E-state index in [1.807, 2.05) is 12.2 Å². The molecule has 150 valence electrons. The van der Waals surface area contributed by atoms with Gasteiger partial charge in [0, 0.05) is 57.4 Å². The van der Waals surface area contributed by atoms with Crippen LogP contribution in [-0.4, -0.2) is 47.2 Å². The van der Waals surface area contributed by atoms with Crippen LogP contribution in [0.3, 0.4) is 0 Å². The maximum atomic E-state index is 14.1. The number of carbonyl (C=O) groups excluding carboxylic acids is 1. The van der Waals surface area contributed by atoms with Crippen LogP contribution in [0.5, 0.6) is 0 Å². The molecule has 3 N–H and O–H groups in total. The summed E-state index contributed by atoms with van der Waals surface area (Å²) in [4.78, 5) is 17.5. The van der Waals surface area contributed by atoms with Gasteiger partial charge in [-0.05, 0) is 19.1 Å². The first-order valence-electron chi connectivity index (χ1n) is 9.05. The number of thiazole rings is 1. The first kappa shape index (κ1) is 20.2. The Hall–Kier alpha value is -2.52. The number of rotatable bonds is 6. The zero-order chi connectivity index (χ0) is 20.3. The highest BCUT2D eigenvalue weighted by Gasteiger charge is 2.32. The Morgan fingerprint density at radius 2 is 2.32 bits per heavy atom. The molecule has 9 heteroatoms. The summed E-state index contributed by atoms with van der Waals surface area (Å²) in [6.07, 6.45) is 7.97. The summed E-state index contributed by atoms with van der Waals surface area (Å²) in [5, 5.41) is 13.8. The largest absolute Gasteiger partial charge is 0.489 e. The fraction of sp³-hybridized carbons (Fsp3) is 0.421. The third kappa shape index (κ3) is 4.85. The molecule has 7 nitrogen and oxygen atoms in total. The van der Waals surface area contributed by atoms with Gasteiger partial charge < -0.3 is 20.8 Å². The molecule has 0 aromatic carbocycles. The molecule has 0 spiro atoms. The van der Waals surface area contributed by atoms with E-state index in [4.69, 9.17) is 10.1 Å². The van der Waals surface area contributed by atoms with E-state index in [0.717, 1.165) is 23.3 Å². The van der Waals surface area contributed by atoms with E-state index in [1.54, 1.807) is 19.3 Å². The van der Waals surface area contributed by atoms with Crippen molar-refractivity contribution in [3.05, 3.63) is 46.6 Å². The van der Waals surface area contributed by atoms with Crippen molar-refractivity contribution >= 4 is 28.1 Å². The van der Waals surface area contributed by atoms with E-state index in [9.17, 15) is 9.18 Å². The quantitative estimate of drug-likeness (QED) is 0.677. The zero-order valence-electron chi connectivity index (χ0n) is 16.1. The van der Waals surface area contributed by atoms with Crippen LogP contribution in [0, 0.1) is 11.4 Å². The average molecular weight is 405 g/mol. The van der Waals surface area contributed by atoms with Gasteiger partial charge in [0.2, 0.25) is 11.9 Å². The van der Waals surface area contributed by atoms with Crippen molar-refractivity contribution in [1.29, 1.82) is 5.41 Å². The molecule has 1 aromatic rings. The smallest absolute Gasteiger partial charge is 0.230 e. The number of amides is 1. The van der Waals surface area contributed by atoms with E-state index < -0.39 is 5.95 Å². The molecule has 1 aliphatic carbocycles. The number of nitrogens with zero attached hydrogens (tertiary/aromatic N) is 2. The van der Waals surface area contributed by atoms with Gasteiger partial charge in [0.1, 0.15) is 11.9 Å². The number of ether oxygens (including phenoxy) is 1. The lowest BCUT2D eigenvalue weighted by Crippen LogP contribution is -2.27. The van der Waals surface area contributed by atoms with Crippen LogP contribution in [0.15, 0.2) is 35.8 Å². The summed E-state index contributed by atoms with van der Waals surface area (Å²) in [6, 6.07) is 0.225. The number of hydrogen-bond acceptors (Lipinski definition) is 7. The van der Waals surface area contributed by atoms with Crippen molar-refractivity contribution in [1.82, 2.24) is 15.2 Å². The second-order valence-corrected chi connectivity index (χ2v) is 7.93. The van der Waals surface area contributed by atoms with E-state index in [2.05, 4.69) is 27.4 Å². The molecule has 1 aromatic heterocycles. The SMILES string of the molecule is CN/C=C1/C=CC(O[C@@H]2C[C@H](C)N(Cc3sc(NC(C)=O)nc3F)C2)=CC1=N. The van der Waals surface area contributed by atoms with E-state index in [0.29, 0.717) is 29.4 Å². The number of likely N-dealkylation sites (tertiary alicyclic amines) is 1. The Kier molecular flexibility index (Phi) is 6.25. The Bertz CT molecular complexity index is 861. The molecule has 0 bridgehead atoms. The van der Waals surface area contributed by atoms with E-state index in [1.165, 1.54) is 6.92 Å². The highest BCUT2D eigenvalue weighted by Crippen LogP contribution is 2.29. The first-order chi connectivity index (χ1) is 13.4. The van der Waals surface area contributed by atoms with Crippen LogP contribution in [0.4, 0.5) is 9.52 Å². The molecule has 0 saturated carbocycles. The maximum Gasteiger partial charge on any atom is 0.230 e. The summed E-state index contributed by atoms with van der Waals surface area (Å²) in [7, 11) is 1.80. The van der Waals surface area contributed by atoms with Crippen molar-refractivity contribution in [2.75, 3.05) is 18.9 Å². The predicted octanol–water partition coefficient (Wildman–Crippen LogP) is 2.80. The molecule has 1 aliphatic heterocycles. The molecule has 1 saturated heterocycles. The fourth-order valence-electron chi connectivity index (χ4n) is 3.25. The number of hydrogen-bond donors (Lipinski definition) is 3. The molecule has 1 amide bonds. The summed E-state index contributed by atoms with van der Waals surface area (Å²) >= 11 is 1.16. The van der Waals surface area contributed by atoms with Crippen molar-refractivity contribution < 1.29 is 13.9 Å². The summed E-state index contributed by atoms with van der Waals surface area (Å²) in [5.74, 6) is -0.148. The second kappa shape index (κ2) is 8.66. The van der Waals surface area contributed by atoms with Gasteiger partial charge in [0.05, 0.1) is 10.6 Å². The van der Waals surface area contributed by atoms with Crippen LogP contribution >= 0.6 is 11.3 Å². The Labute approximate surface area is 167 Å². The number of anilines is 1. The lowest BCUT2D eigenvalue weighted by molar-refractivity contribution is -0.114. The first-order valence-corrected chi connectivity index (χ1v) is 9.87. The highest BCUT2D eigenvalue weighted by atomic mass is 32.1. The molecule has 2 heterocycles. The molecule has 0 unspecified atom stereocenters. The minimum absolute atomic E-state index is 0.0284. The zero-order valence-corrected chi connectivity index (χ0v) is 16.9. The number of allylic oxidation sites excluding steroid dienone is 4. The number of nitrogens with one attached hydrogen (secondary N) is 3. The van der Waals surface area contributed by atoms with Gasteiger partial charge in [0.25, 0.3) is 0 Å². The minimum atomic E-state index is -0.541. The summed E-state index contributed by atoms with van der Waals surface area (Å²) < 4.78 is 20.1. The van der Waals surface area contributed by atoms with Crippen LogP contribution in [0.25, 0.3) is 0 Å². The Morgan fingerprint density at radius 1 is 1.54 bits per heavy atom. The lowest BCUT2D eigenvalue weighted by atomic mass is 10.1. The van der Waals surface area contributed by atoms with Crippen molar-refractivity contribution in [2.45, 2.75) is 39.0 Å². The fourth-order valence-corrected chi connectivity index (χ4v) is 4.17. The highest BCUT2D eigenvalue weighted by molar-refractivity contribution is 7.15. The number of halogens is 1. The van der Waals surface area contributed by atoms with Crippen LogP contribution in [0.1, 0.15) is 25.1 Å². The molecular formula is C19H24FN5O2S. The van der Waals surface area contributed by atoms with Gasteiger partial charge in [-0.15, -0.1) is 0 Å². The predicted molar refractivity (Wildman–Crippen MR) is 108 cm³/mol. The van der Waals surface area contributed by atoms with E-state index >= 15 is 0 Å². The molecule has 1 fully saturated rings. The molecule has 2 aliphatic rings. The van der Waals surface area contributed by atoms with Crippen LogP contribution in [-0.2, 0) is 16.1 Å². The van der Waals surface area contributed by atoms with Gasteiger partial charge in [-0.3, -0.25) is 9.69 Å². The standard InChI is InChI=1S/C19H24FN5O2S/c1-11-6-15(27-14-5-4-13(8-22-3)16(21)7-14)9-25(11)10-17-18(20)24-19(28-17)23-12(2)26/h4-5,7-8,11,15,21-22H,6,9-10H2,1-3H3,(H,23,24,26)/b13-8-,21-16?/t11-,15+/m0/s1. The third-order valence-electron chi connectivity index (χ3n) is 4.57. The van der Waals surface area contributed by atoms with Gasteiger partial charge in [-0.1, -0.05) is 11.3 Å². The van der Waals surface area contributed by atoms with Gasteiger partial charge >= 0.3 is 0 Å². The minimum Gasteiger partial charge on any atom is -0.489 e. The van der Waals surface area contributed by atoms with Gasteiger partial charge in [0.15, 0.2) is 5.13 Å². The normalized spacial score (nSPS) is 23.8. The maximum absolute atomic E-state index is 14.1. The summed E-state index contributed by atoms with van der Waals surface area (Å²) in [6.45, 7) is 4.53. The third-order valence-corrected chi connectivity index (χ3v) is 5.50. The molecule has 28 heavy (non-hydrogen) atoms. The average Bonchev–Trinajstić information content (AvgIpc) is 3.12. The van der Waals surface area contributed by atoms with Crippen LogP contribution < -0.4 is 10.6 Å². The molecular weight excluding hydrogens is 381 g/mol. The Morgan fingerprint density at radius 3 is 3.00 bits per heavy atom. The second-order valence-electron chi connectivity index (χ2n) is 6.85. The number of aromatic nitrogens is 1. The van der Waals surface area contributed by atoms with Gasteiger partial charge in [-0.2, -0.15) is 9.37 Å². The van der Waals surface area contributed by atoms with Gasteiger partial charge in [-0.25, -0.2) is 0 Å². The molecule has 3 rings (SSSR count). The number of carbonyl (C=O) groups is 1. The topological polar surface area (TPSA) is 90.3 Å². The lowest BCUT2D eigenvalue weighted by Gasteiger charge is -2.20. The molecule has 0 radical (unpaired) electrons.